The number of hydrogen-bond acceptors (Lipinski definition) is 3. The molecule has 0 bridgehead atoms. The van der Waals surface area contributed by atoms with Gasteiger partial charge < -0.3 is 9.84 Å². The first-order chi connectivity index (χ1) is 9.38. The Balaban J connectivity index is 3.22. The van der Waals surface area contributed by atoms with Crippen LogP contribution in [0.1, 0.15) is 31.9 Å². The minimum Gasteiger partial charge on any atom is -0.474 e. The second-order valence-electron chi connectivity index (χ2n) is 4.82. The van der Waals surface area contributed by atoms with Crippen LogP contribution >= 0.6 is 0 Å². The molecule has 0 saturated carbocycles. The zero-order valence-corrected chi connectivity index (χ0v) is 12.3. The number of anilines is 1. The van der Waals surface area contributed by atoms with Crippen LogP contribution in [-0.4, -0.2) is 29.8 Å². The minimum atomic E-state index is -1.48. The third kappa shape index (κ3) is 3.81. The van der Waals surface area contributed by atoms with Crippen LogP contribution in [0.25, 0.3) is 0 Å². The molecule has 1 amide bonds. The first-order valence-electron chi connectivity index (χ1n) is 6.63. The average molecular weight is 279 g/mol. The Bertz CT molecular complexity index is 497. The molecule has 0 aliphatic heterocycles. The maximum Gasteiger partial charge on any atom is 0.395 e. The van der Waals surface area contributed by atoms with Crippen LogP contribution in [0.2, 0.25) is 0 Å². The maximum atomic E-state index is 11.9. The van der Waals surface area contributed by atoms with E-state index in [1.807, 2.05) is 45.9 Å². The number of carbonyl (C=O) groups is 2. The average Bonchev–Trinajstić information content (AvgIpc) is 2.39. The summed E-state index contributed by atoms with van der Waals surface area (Å²) in [5.74, 6) is -2.46. The molecule has 0 unspecified atom stereocenters. The van der Waals surface area contributed by atoms with Crippen LogP contribution in [-0.2, 0) is 20.7 Å². The largest absolute Gasteiger partial charge is 0.474 e. The molecule has 0 aromatic heterocycles. The first kappa shape index (κ1) is 16.2. The van der Waals surface area contributed by atoms with Crippen LogP contribution < -0.4 is 4.90 Å². The van der Waals surface area contributed by atoms with Crippen molar-refractivity contribution in [1.82, 2.24) is 0 Å². The summed E-state index contributed by atoms with van der Waals surface area (Å²) in [6.07, 6.45) is 0.621. The molecule has 110 valence electrons. The Morgan fingerprint density at radius 3 is 2.50 bits per heavy atom. The molecular formula is C15H21NO4. The fraction of sp³-hybridized carbons (Fsp3) is 0.467. The molecule has 0 heterocycles. The number of aliphatic carboxylic acids is 1. The fourth-order valence-electron chi connectivity index (χ4n) is 1.96. The Labute approximate surface area is 119 Å². The van der Waals surface area contributed by atoms with Gasteiger partial charge in [0.25, 0.3) is 0 Å². The predicted octanol–water partition coefficient (Wildman–Crippen LogP) is 2.36. The van der Waals surface area contributed by atoms with Gasteiger partial charge in [-0.2, -0.15) is 0 Å². The topological polar surface area (TPSA) is 66.8 Å². The zero-order chi connectivity index (χ0) is 15.3. The van der Waals surface area contributed by atoms with Gasteiger partial charge >= 0.3 is 11.9 Å². The molecule has 0 saturated heterocycles. The van der Waals surface area contributed by atoms with Crippen LogP contribution in [0.4, 0.5) is 5.69 Å². The smallest absolute Gasteiger partial charge is 0.395 e. The Hall–Kier alpha value is -1.88. The van der Waals surface area contributed by atoms with Crippen molar-refractivity contribution in [3.05, 3.63) is 29.3 Å². The van der Waals surface area contributed by atoms with Crippen LogP contribution in [0, 0.1) is 6.92 Å². The van der Waals surface area contributed by atoms with Gasteiger partial charge in [-0.05, 0) is 38.3 Å². The molecule has 1 N–H and O–H groups in total. The van der Waals surface area contributed by atoms with Gasteiger partial charge in [0.2, 0.25) is 0 Å². The lowest BCUT2D eigenvalue weighted by atomic mass is 10.0. The number of amides is 1. The number of benzene rings is 1. The van der Waals surface area contributed by atoms with Gasteiger partial charge in [-0.15, -0.1) is 0 Å². The van der Waals surface area contributed by atoms with Gasteiger partial charge in [-0.3, -0.25) is 9.69 Å². The van der Waals surface area contributed by atoms with E-state index in [-0.39, 0.29) is 12.8 Å². The van der Waals surface area contributed by atoms with Crippen molar-refractivity contribution in [3.8, 4) is 0 Å². The molecule has 0 atom stereocenters. The monoisotopic (exact) mass is 279 g/mol. The van der Waals surface area contributed by atoms with Crippen molar-refractivity contribution in [3.63, 3.8) is 0 Å². The van der Waals surface area contributed by atoms with E-state index < -0.39 is 11.9 Å². The van der Waals surface area contributed by atoms with Gasteiger partial charge in [0.1, 0.15) is 6.73 Å². The van der Waals surface area contributed by atoms with E-state index in [0.717, 1.165) is 11.1 Å². The standard InChI is InChI=1S/C15H21NO4/c1-5-12-8-6-7-11(4)13(12)16(9-20-10(2)3)14(17)15(18)19/h6-8,10H,5,9H2,1-4H3,(H,18,19). The van der Waals surface area contributed by atoms with Crippen molar-refractivity contribution in [2.75, 3.05) is 11.6 Å². The SMILES string of the molecule is CCc1cccc(C)c1N(COC(C)C)C(=O)C(=O)O. The highest BCUT2D eigenvalue weighted by Gasteiger charge is 2.26. The number of carboxylic acids is 1. The Morgan fingerprint density at radius 1 is 1.35 bits per heavy atom. The number of carbonyl (C=O) groups excluding carboxylic acids is 1. The van der Waals surface area contributed by atoms with Gasteiger partial charge in [0.15, 0.2) is 0 Å². The van der Waals surface area contributed by atoms with Gasteiger partial charge in [0, 0.05) is 0 Å². The van der Waals surface area contributed by atoms with Crippen molar-refractivity contribution in [1.29, 1.82) is 0 Å². The normalized spacial score (nSPS) is 10.7. The molecule has 0 spiro atoms. The number of para-hydroxylation sites is 1. The molecule has 1 aromatic rings. The van der Waals surface area contributed by atoms with E-state index in [0.29, 0.717) is 12.1 Å². The van der Waals surface area contributed by atoms with Crippen LogP contribution in [0.3, 0.4) is 0 Å². The van der Waals surface area contributed by atoms with Crippen molar-refractivity contribution >= 4 is 17.6 Å². The number of rotatable bonds is 5. The van der Waals surface area contributed by atoms with Crippen molar-refractivity contribution < 1.29 is 19.4 Å². The van der Waals surface area contributed by atoms with Crippen molar-refractivity contribution in [2.24, 2.45) is 0 Å². The Kier molecular flexibility index (Phi) is 5.70. The third-order valence-corrected chi connectivity index (χ3v) is 2.94. The summed E-state index contributed by atoms with van der Waals surface area (Å²) >= 11 is 0. The quantitative estimate of drug-likeness (QED) is 0.663. The molecule has 5 nitrogen and oxygen atoms in total. The van der Waals surface area contributed by atoms with E-state index in [9.17, 15) is 9.59 Å². The second kappa shape index (κ2) is 7.05. The highest BCUT2D eigenvalue weighted by atomic mass is 16.5. The summed E-state index contributed by atoms with van der Waals surface area (Å²) in [5.41, 5.74) is 2.40. The van der Waals surface area contributed by atoms with Crippen LogP contribution in [0.5, 0.6) is 0 Å². The molecule has 1 aromatic carbocycles. The summed E-state index contributed by atoms with van der Waals surface area (Å²) in [7, 11) is 0. The summed E-state index contributed by atoms with van der Waals surface area (Å²) in [6.45, 7) is 7.42. The number of nitrogens with zero attached hydrogens (tertiary/aromatic N) is 1. The van der Waals surface area contributed by atoms with Crippen molar-refractivity contribution in [2.45, 2.75) is 40.2 Å². The molecule has 1 rings (SSSR count). The summed E-state index contributed by atoms with van der Waals surface area (Å²) < 4.78 is 5.43. The number of ether oxygens (including phenoxy) is 1. The third-order valence-electron chi connectivity index (χ3n) is 2.94. The van der Waals surface area contributed by atoms with Gasteiger partial charge in [-0.1, -0.05) is 25.1 Å². The van der Waals surface area contributed by atoms with Gasteiger partial charge in [0.05, 0.1) is 11.8 Å². The maximum absolute atomic E-state index is 11.9. The summed E-state index contributed by atoms with van der Waals surface area (Å²) in [6, 6.07) is 5.64. The molecule has 5 heteroatoms. The molecule has 20 heavy (non-hydrogen) atoms. The first-order valence-corrected chi connectivity index (χ1v) is 6.63. The Morgan fingerprint density at radius 2 is 2.00 bits per heavy atom. The molecule has 0 fully saturated rings. The lowest BCUT2D eigenvalue weighted by Crippen LogP contribution is -2.40. The lowest BCUT2D eigenvalue weighted by Gasteiger charge is -2.26. The summed E-state index contributed by atoms with van der Waals surface area (Å²) in [5, 5.41) is 8.99. The van der Waals surface area contributed by atoms with E-state index >= 15 is 0 Å². The predicted molar refractivity (Wildman–Crippen MR) is 76.8 cm³/mol. The van der Waals surface area contributed by atoms with E-state index in [2.05, 4.69) is 0 Å². The van der Waals surface area contributed by atoms with E-state index in [1.54, 1.807) is 0 Å². The van der Waals surface area contributed by atoms with Gasteiger partial charge in [-0.25, -0.2) is 4.79 Å². The van der Waals surface area contributed by atoms with E-state index in [1.165, 1.54) is 4.90 Å². The highest BCUT2D eigenvalue weighted by molar-refractivity contribution is 6.37. The van der Waals surface area contributed by atoms with Crippen LogP contribution in [0.15, 0.2) is 18.2 Å². The summed E-state index contributed by atoms with van der Waals surface area (Å²) in [4.78, 5) is 24.1. The molecule has 0 radical (unpaired) electrons. The fourth-order valence-corrected chi connectivity index (χ4v) is 1.96. The number of hydrogen-bond donors (Lipinski definition) is 1. The number of aryl methyl sites for hydroxylation is 2. The van der Waals surface area contributed by atoms with E-state index in [4.69, 9.17) is 9.84 Å². The molecule has 0 aliphatic rings. The minimum absolute atomic E-state index is 0.0688. The highest BCUT2D eigenvalue weighted by Crippen LogP contribution is 2.26. The molecular weight excluding hydrogens is 258 g/mol. The lowest BCUT2D eigenvalue weighted by molar-refractivity contribution is -0.149. The molecule has 0 aliphatic carbocycles. The number of carboxylic acid groups (broad SMARTS) is 1. The zero-order valence-electron chi connectivity index (χ0n) is 12.3. The second-order valence-corrected chi connectivity index (χ2v) is 4.82.